The van der Waals surface area contributed by atoms with E-state index in [-0.39, 0.29) is 6.03 Å². The summed E-state index contributed by atoms with van der Waals surface area (Å²) in [4.78, 5) is 18.7. The molecule has 1 aliphatic carbocycles. The number of piperidine rings is 1. The number of carbonyl (C=O) groups excluding carboxylic acids is 1. The molecule has 0 bridgehead atoms. The number of benzene rings is 1. The number of rotatable bonds is 5. The number of nitrogens with one attached hydrogen (secondary N) is 1. The highest BCUT2D eigenvalue weighted by molar-refractivity contribution is 5.89. The molecular formula is C28H37N3O3. The van der Waals surface area contributed by atoms with Crippen LogP contribution in [0.1, 0.15) is 58.4 Å². The molecule has 1 atom stereocenters. The summed E-state index contributed by atoms with van der Waals surface area (Å²) in [5, 5.41) is 2.93. The summed E-state index contributed by atoms with van der Waals surface area (Å²) in [7, 11) is 1.57. The number of methoxy groups -OCH3 is 1. The van der Waals surface area contributed by atoms with E-state index in [1.54, 1.807) is 25.4 Å². The SMILES string of the molecule is COc1ccc(NC(=O)N2CC/C(=C\c3cccc(OC4CCC(C)(C)CC4)c3)C(C)C2)cn1. The predicted molar refractivity (Wildman–Crippen MR) is 136 cm³/mol. The molecule has 4 rings (SSSR count). The Labute approximate surface area is 203 Å². The summed E-state index contributed by atoms with van der Waals surface area (Å²) in [6.07, 6.45) is 9.74. The van der Waals surface area contributed by atoms with Crippen LogP contribution in [-0.2, 0) is 0 Å². The minimum absolute atomic E-state index is 0.0936. The number of pyridine rings is 1. The molecule has 2 fully saturated rings. The van der Waals surface area contributed by atoms with Crippen molar-refractivity contribution in [3.05, 3.63) is 53.7 Å². The van der Waals surface area contributed by atoms with Crippen LogP contribution in [0.3, 0.4) is 0 Å². The Morgan fingerprint density at radius 3 is 2.68 bits per heavy atom. The molecule has 6 heteroatoms. The van der Waals surface area contributed by atoms with Crippen molar-refractivity contribution in [3.63, 3.8) is 0 Å². The summed E-state index contributed by atoms with van der Waals surface area (Å²) < 4.78 is 11.4. The van der Waals surface area contributed by atoms with Gasteiger partial charge < -0.3 is 19.7 Å². The highest BCUT2D eigenvalue weighted by Gasteiger charge is 2.28. The normalized spacial score (nSPS) is 21.8. The Bertz CT molecular complexity index is 1010. The zero-order valence-corrected chi connectivity index (χ0v) is 20.8. The molecule has 1 aromatic carbocycles. The Morgan fingerprint density at radius 2 is 2.00 bits per heavy atom. The number of carbonyl (C=O) groups is 1. The maximum Gasteiger partial charge on any atom is 0.321 e. The van der Waals surface area contributed by atoms with Gasteiger partial charge in [0.15, 0.2) is 0 Å². The number of likely N-dealkylation sites (tertiary alicyclic amines) is 1. The van der Waals surface area contributed by atoms with Crippen LogP contribution < -0.4 is 14.8 Å². The molecule has 1 saturated carbocycles. The summed E-state index contributed by atoms with van der Waals surface area (Å²) in [6.45, 7) is 8.27. The smallest absolute Gasteiger partial charge is 0.321 e. The number of hydrogen-bond donors (Lipinski definition) is 1. The van der Waals surface area contributed by atoms with E-state index < -0.39 is 0 Å². The van der Waals surface area contributed by atoms with E-state index in [0.29, 0.717) is 42.1 Å². The van der Waals surface area contributed by atoms with Crippen molar-refractivity contribution in [2.45, 2.75) is 59.0 Å². The molecule has 1 aromatic heterocycles. The second-order valence-corrected chi connectivity index (χ2v) is 10.4. The van der Waals surface area contributed by atoms with Crippen LogP contribution in [0.2, 0.25) is 0 Å². The standard InChI is InChI=1S/C28H37N3O3/c1-20-19-31(27(32)30-23-8-9-26(33-4)29-18-23)15-12-22(20)16-21-6-5-7-25(17-21)34-24-10-13-28(2,3)14-11-24/h5-9,16-18,20,24H,10-15,19H2,1-4H3,(H,30,32)/b22-16+. The zero-order chi connectivity index (χ0) is 24.1. The quantitative estimate of drug-likeness (QED) is 0.558. The zero-order valence-electron chi connectivity index (χ0n) is 20.8. The van der Waals surface area contributed by atoms with Crippen LogP contribution in [0, 0.1) is 11.3 Å². The Kier molecular flexibility index (Phi) is 7.44. The molecule has 2 aromatic rings. The van der Waals surface area contributed by atoms with Crippen LogP contribution in [0.25, 0.3) is 6.08 Å². The number of aromatic nitrogens is 1. The molecule has 1 saturated heterocycles. The van der Waals surface area contributed by atoms with Gasteiger partial charge in [-0.2, -0.15) is 0 Å². The van der Waals surface area contributed by atoms with Crippen LogP contribution in [0.15, 0.2) is 48.2 Å². The van der Waals surface area contributed by atoms with Crippen molar-refractivity contribution >= 4 is 17.8 Å². The molecule has 1 unspecified atom stereocenters. The fourth-order valence-corrected chi connectivity index (χ4v) is 4.80. The monoisotopic (exact) mass is 463 g/mol. The fourth-order valence-electron chi connectivity index (χ4n) is 4.80. The summed E-state index contributed by atoms with van der Waals surface area (Å²) in [5.41, 5.74) is 3.64. The average molecular weight is 464 g/mol. The second kappa shape index (κ2) is 10.5. The van der Waals surface area contributed by atoms with Gasteiger partial charge in [0.1, 0.15) is 5.75 Å². The van der Waals surface area contributed by atoms with E-state index in [1.807, 2.05) is 4.90 Å². The first-order valence-corrected chi connectivity index (χ1v) is 12.3. The van der Waals surface area contributed by atoms with E-state index in [2.05, 4.69) is 61.4 Å². The number of hydrogen-bond acceptors (Lipinski definition) is 4. The van der Waals surface area contributed by atoms with Crippen molar-refractivity contribution in [2.75, 3.05) is 25.5 Å². The predicted octanol–water partition coefficient (Wildman–Crippen LogP) is 6.40. The minimum Gasteiger partial charge on any atom is -0.490 e. The van der Waals surface area contributed by atoms with Gasteiger partial charge in [-0.05, 0) is 67.2 Å². The second-order valence-electron chi connectivity index (χ2n) is 10.4. The minimum atomic E-state index is -0.0936. The maximum absolute atomic E-state index is 12.7. The van der Waals surface area contributed by atoms with Gasteiger partial charge in [-0.25, -0.2) is 9.78 Å². The van der Waals surface area contributed by atoms with Crippen molar-refractivity contribution < 1.29 is 14.3 Å². The van der Waals surface area contributed by atoms with Gasteiger partial charge in [0.25, 0.3) is 0 Å². The lowest BCUT2D eigenvalue weighted by Crippen LogP contribution is -2.42. The molecule has 34 heavy (non-hydrogen) atoms. The number of ether oxygens (including phenoxy) is 2. The third kappa shape index (κ3) is 6.31. The highest BCUT2D eigenvalue weighted by atomic mass is 16.5. The number of amides is 2. The maximum atomic E-state index is 12.7. The van der Waals surface area contributed by atoms with E-state index in [4.69, 9.17) is 9.47 Å². The first-order chi connectivity index (χ1) is 16.3. The van der Waals surface area contributed by atoms with Crippen LogP contribution in [0.5, 0.6) is 11.6 Å². The fraction of sp³-hybridized carbons (Fsp3) is 0.500. The molecule has 2 amide bonds. The Hall–Kier alpha value is -3.02. The molecule has 0 radical (unpaired) electrons. The molecule has 182 valence electrons. The van der Waals surface area contributed by atoms with Crippen molar-refractivity contribution in [2.24, 2.45) is 11.3 Å². The molecule has 6 nitrogen and oxygen atoms in total. The molecule has 1 aliphatic heterocycles. The lowest BCUT2D eigenvalue weighted by atomic mass is 9.76. The van der Waals surface area contributed by atoms with Gasteiger partial charge in [-0.1, -0.05) is 44.6 Å². The van der Waals surface area contributed by atoms with E-state index in [0.717, 1.165) is 30.6 Å². The number of nitrogens with zero attached hydrogens (tertiary/aromatic N) is 2. The lowest BCUT2D eigenvalue weighted by molar-refractivity contribution is 0.0987. The molecular weight excluding hydrogens is 426 g/mol. The van der Waals surface area contributed by atoms with Gasteiger partial charge in [0.05, 0.1) is 25.1 Å². The van der Waals surface area contributed by atoms with Crippen molar-refractivity contribution in [3.8, 4) is 11.6 Å². The van der Waals surface area contributed by atoms with E-state index >= 15 is 0 Å². The molecule has 0 spiro atoms. The first kappa shape index (κ1) is 24.1. The summed E-state index contributed by atoms with van der Waals surface area (Å²) in [6, 6.07) is 11.9. The van der Waals surface area contributed by atoms with Crippen LogP contribution in [0.4, 0.5) is 10.5 Å². The third-order valence-electron chi connectivity index (χ3n) is 7.08. The Morgan fingerprint density at radius 1 is 1.21 bits per heavy atom. The molecule has 2 heterocycles. The summed E-state index contributed by atoms with van der Waals surface area (Å²) in [5.74, 6) is 1.77. The van der Waals surface area contributed by atoms with Crippen LogP contribution in [-0.4, -0.2) is 42.2 Å². The number of urea groups is 1. The largest absolute Gasteiger partial charge is 0.490 e. The van der Waals surface area contributed by atoms with Gasteiger partial charge in [0.2, 0.25) is 5.88 Å². The van der Waals surface area contributed by atoms with E-state index in [1.165, 1.54) is 18.4 Å². The highest BCUT2D eigenvalue weighted by Crippen LogP contribution is 2.36. The van der Waals surface area contributed by atoms with Crippen molar-refractivity contribution in [1.82, 2.24) is 9.88 Å². The van der Waals surface area contributed by atoms with Crippen molar-refractivity contribution in [1.29, 1.82) is 0 Å². The van der Waals surface area contributed by atoms with Gasteiger partial charge >= 0.3 is 6.03 Å². The molecule has 1 N–H and O–H groups in total. The van der Waals surface area contributed by atoms with Gasteiger partial charge in [0, 0.05) is 19.2 Å². The number of anilines is 1. The topological polar surface area (TPSA) is 63.7 Å². The Balaban J connectivity index is 1.33. The van der Waals surface area contributed by atoms with Gasteiger partial charge in [-0.15, -0.1) is 0 Å². The van der Waals surface area contributed by atoms with Crippen LogP contribution >= 0.6 is 0 Å². The summed E-state index contributed by atoms with van der Waals surface area (Å²) >= 11 is 0. The lowest BCUT2D eigenvalue weighted by Gasteiger charge is -2.34. The van der Waals surface area contributed by atoms with Gasteiger partial charge in [-0.3, -0.25) is 0 Å². The van der Waals surface area contributed by atoms with E-state index in [9.17, 15) is 4.79 Å². The third-order valence-corrected chi connectivity index (χ3v) is 7.08. The first-order valence-electron chi connectivity index (χ1n) is 12.3. The molecule has 2 aliphatic rings. The average Bonchev–Trinajstić information content (AvgIpc) is 2.82.